The van der Waals surface area contributed by atoms with Crippen molar-refractivity contribution in [1.29, 1.82) is 0 Å². The number of hydrogen-bond acceptors (Lipinski definition) is 4. The molecule has 4 unspecified atom stereocenters. The fourth-order valence-electron chi connectivity index (χ4n) is 1.29. The molecular formula is C12H23N3O4. The third-order valence-electron chi connectivity index (χ3n) is 3.04. The predicted octanol–water partition coefficient (Wildman–Crippen LogP) is -0.546. The van der Waals surface area contributed by atoms with Crippen molar-refractivity contribution in [2.45, 2.75) is 52.2 Å². The standard InChI is InChI=1S/C12H23N3O4/c1-5-6(2)9(13)11(17)14-7(3)10(16)15-8(4)12(18)19/h6-9H,5,13H2,1-4H3,(H,14,17)(H,15,16)(H,18,19). The summed E-state index contributed by atoms with van der Waals surface area (Å²) in [5, 5.41) is 13.4. The topological polar surface area (TPSA) is 122 Å². The molecule has 0 aromatic rings. The fraction of sp³-hybridized carbons (Fsp3) is 0.750. The monoisotopic (exact) mass is 273 g/mol. The molecule has 0 saturated heterocycles. The lowest BCUT2D eigenvalue weighted by atomic mass is 9.99. The summed E-state index contributed by atoms with van der Waals surface area (Å²) in [4.78, 5) is 34.0. The first-order chi connectivity index (χ1) is 8.70. The molecule has 7 nitrogen and oxygen atoms in total. The van der Waals surface area contributed by atoms with Crippen molar-refractivity contribution in [3.8, 4) is 0 Å². The Labute approximate surface area is 112 Å². The van der Waals surface area contributed by atoms with E-state index in [0.29, 0.717) is 0 Å². The molecule has 0 bridgehead atoms. The van der Waals surface area contributed by atoms with Crippen LogP contribution in [0.5, 0.6) is 0 Å². The number of rotatable bonds is 7. The van der Waals surface area contributed by atoms with Gasteiger partial charge in [0.05, 0.1) is 6.04 Å². The molecule has 0 fully saturated rings. The van der Waals surface area contributed by atoms with E-state index >= 15 is 0 Å². The molecule has 0 aliphatic heterocycles. The van der Waals surface area contributed by atoms with Gasteiger partial charge in [0.1, 0.15) is 12.1 Å². The molecule has 0 aliphatic carbocycles. The third kappa shape index (κ3) is 5.69. The molecule has 0 heterocycles. The van der Waals surface area contributed by atoms with Gasteiger partial charge in [-0.25, -0.2) is 0 Å². The normalized spacial score (nSPS) is 16.9. The Morgan fingerprint density at radius 3 is 1.95 bits per heavy atom. The van der Waals surface area contributed by atoms with Crippen LogP contribution in [0.25, 0.3) is 0 Å². The van der Waals surface area contributed by atoms with E-state index in [1.165, 1.54) is 13.8 Å². The molecule has 2 amide bonds. The van der Waals surface area contributed by atoms with E-state index in [1.807, 2.05) is 13.8 Å². The van der Waals surface area contributed by atoms with Crippen LogP contribution in [0, 0.1) is 5.92 Å². The minimum absolute atomic E-state index is 0.00760. The maximum Gasteiger partial charge on any atom is 0.325 e. The summed E-state index contributed by atoms with van der Waals surface area (Å²) in [6.45, 7) is 6.59. The van der Waals surface area contributed by atoms with E-state index in [1.54, 1.807) is 0 Å². The molecule has 0 aliphatic rings. The lowest BCUT2D eigenvalue weighted by molar-refractivity contribution is -0.141. The van der Waals surface area contributed by atoms with E-state index in [-0.39, 0.29) is 5.92 Å². The first kappa shape index (κ1) is 17.4. The molecule has 0 saturated carbocycles. The quantitative estimate of drug-likeness (QED) is 0.496. The van der Waals surface area contributed by atoms with E-state index in [9.17, 15) is 14.4 Å². The van der Waals surface area contributed by atoms with Gasteiger partial charge in [0.15, 0.2) is 0 Å². The molecule has 0 rings (SSSR count). The van der Waals surface area contributed by atoms with Gasteiger partial charge in [0, 0.05) is 0 Å². The van der Waals surface area contributed by atoms with Crippen molar-refractivity contribution < 1.29 is 19.5 Å². The number of aliphatic carboxylic acids is 1. The SMILES string of the molecule is CCC(C)C(N)C(=O)NC(C)C(=O)NC(C)C(=O)O. The van der Waals surface area contributed by atoms with Crippen molar-refractivity contribution in [3.05, 3.63) is 0 Å². The molecule has 19 heavy (non-hydrogen) atoms. The Morgan fingerprint density at radius 2 is 1.53 bits per heavy atom. The summed E-state index contributed by atoms with van der Waals surface area (Å²) in [6.07, 6.45) is 0.755. The van der Waals surface area contributed by atoms with Gasteiger partial charge in [0.2, 0.25) is 11.8 Å². The fourth-order valence-corrected chi connectivity index (χ4v) is 1.29. The second-order valence-electron chi connectivity index (χ2n) is 4.71. The van der Waals surface area contributed by atoms with Crippen LogP contribution < -0.4 is 16.4 Å². The zero-order valence-corrected chi connectivity index (χ0v) is 11.8. The molecule has 0 spiro atoms. The van der Waals surface area contributed by atoms with Gasteiger partial charge < -0.3 is 21.5 Å². The minimum Gasteiger partial charge on any atom is -0.480 e. The molecular weight excluding hydrogens is 250 g/mol. The summed E-state index contributed by atoms with van der Waals surface area (Å²) in [5.74, 6) is -2.10. The van der Waals surface area contributed by atoms with Crippen LogP contribution in [-0.4, -0.2) is 41.0 Å². The number of carboxylic acid groups (broad SMARTS) is 1. The van der Waals surface area contributed by atoms with Gasteiger partial charge >= 0.3 is 5.97 Å². The van der Waals surface area contributed by atoms with Crippen LogP contribution in [0.1, 0.15) is 34.1 Å². The number of nitrogens with one attached hydrogen (secondary N) is 2. The summed E-state index contributed by atoms with van der Waals surface area (Å²) in [6, 6.07) is -2.52. The van der Waals surface area contributed by atoms with Crippen molar-refractivity contribution in [3.63, 3.8) is 0 Å². The highest BCUT2D eigenvalue weighted by Gasteiger charge is 2.24. The minimum atomic E-state index is -1.14. The van der Waals surface area contributed by atoms with Gasteiger partial charge in [-0.2, -0.15) is 0 Å². The largest absolute Gasteiger partial charge is 0.480 e. The molecule has 4 atom stereocenters. The average molecular weight is 273 g/mol. The number of carboxylic acids is 1. The van der Waals surface area contributed by atoms with E-state index in [4.69, 9.17) is 10.8 Å². The van der Waals surface area contributed by atoms with Crippen molar-refractivity contribution >= 4 is 17.8 Å². The molecule has 110 valence electrons. The Morgan fingerprint density at radius 1 is 1.05 bits per heavy atom. The van der Waals surface area contributed by atoms with Crippen LogP contribution in [0.2, 0.25) is 0 Å². The number of amides is 2. The summed E-state index contributed by atoms with van der Waals surface area (Å²) in [5.41, 5.74) is 5.73. The summed E-state index contributed by atoms with van der Waals surface area (Å²) < 4.78 is 0. The third-order valence-corrected chi connectivity index (χ3v) is 3.04. The van der Waals surface area contributed by atoms with Crippen LogP contribution >= 0.6 is 0 Å². The van der Waals surface area contributed by atoms with E-state index in [2.05, 4.69) is 10.6 Å². The van der Waals surface area contributed by atoms with Gasteiger partial charge in [-0.15, -0.1) is 0 Å². The Hall–Kier alpha value is -1.63. The molecule has 5 N–H and O–H groups in total. The van der Waals surface area contributed by atoms with Gasteiger partial charge in [-0.1, -0.05) is 20.3 Å². The zero-order chi connectivity index (χ0) is 15.2. The molecule has 0 radical (unpaired) electrons. The first-order valence-corrected chi connectivity index (χ1v) is 6.29. The number of carbonyl (C=O) groups excluding carboxylic acids is 2. The average Bonchev–Trinajstić information content (AvgIpc) is 2.36. The molecule has 7 heteroatoms. The highest BCUT2D eigenvalue weighted by atomic mass is 16.4. The van der Waals surface area contributed by atoms with Crippen LogP contribution in [0.4, 0.5) is 0 Å². The van der Waals surface area contributed by atoms with Crippen molar-refractivity contribution in [1.82, 2.24) is 10.6 Å². The highest BCUT2D eigenvalue weighted by molar-refractivity contribution is 5.91. The Kier molecular flexibility index (Phi) is 7.06. The first-order valence-electron chi connectivity index (χ1n) is 6.29. The van der Waals surface area contributed by atoms with Crippen LogP contribution in [0.3, 0.4) is 0 Å². The Balaban J connectivity index is 4.37. The van der Waals surface area contributed by atoms with Gasteiger partial charge in [-0.3, -0.25) is 14.4 Å². The Bertz CT molecular complexity index is 346. The molecule has 0 aromatic heterocycles. The second-order valence-corrected chi connectivity index (χ2v) is 4.71. The van der Waals surface area contributed by atoms with E-state index < -0.39 is 35.9 Å². The highest BCUT2D eigenvalue weighted by Crippen LogP contribution is 2.05. The number of carbonyl (C=O) groups is 3. The van der Waals surface area contributed by atoms with Crippen LogP contribution in [0.15, 0.2) is 0 Å². The summed E-state index contributed by atoms with van der Waals surface area (Å²) >= 11 is 0. The molecule has 0 aromatic carbocycles. The maximum absolute atomic E-state index is 11.7. The number of hydrogen-bond donors (Lipinski definition) is 4. The van der Waals surface area contributed by atoms with Gasteiger partial charge in [0.25, 0.3) is 0 Å². The van der Waals surface area contributed by atoms with Gasteiger partial charge in [-0.05, 0) is 19.8 Å². The van der Waals surface area contributed by atoms with Crippen molar-refractivity contribution in [2.75, 3.05) is 0 Å². The smallest absolute Gasteiger partial charge is 0.325 e. The summed E-state index contributed by atoms with van der Waals surface area (Å²) in [7, 11) is 0. The van der Waals surface area contributed by atoms with Crippen molar-refractivity contribution in [2.24, 2.45) is 11.7 Å². The lowest BCUT2D eigenvalue weighted by Crippen LogP contribution is -2.53. The maximum atomic E-state index is 11.7. The number of nitrogens with two attached hydrogens (primary N) is 1. The predicted molar refractivity (Wildman–Crippen MR) is 70.3 cm³/mol. The lowest BCUT2D eigenvalue weighted by Gasteiger charge is -2.21. The van der Waals surface area contributed by atoms with Crippen LogP contribution in [-0.2, 0) is 14.4 Å². The van der Waals surface area contributed by atoms with E-state index in [0.717, 1.165) is 6.42 Å². The second kappa shape index (κ2) is 7.73. The zero-order valence-electron chi connectivity index (χ0n) is 11.8.